The summed E-state index contributed by atoms with van der Waals surface area (Å²) in [7, 11) is 0. The molecule has 0 heterocycles. The van der Waals surface area contributed by atoms with Gasteiger partial charge in [-0.05, 0) is 82.6 Å². The molecule has 3 nitrogen and oxygen atoms in total. The first-order chi connectivity index (χ1) is 16.6. The fourth-order valence-electron chi connectivity index (χ4n) is 4.92. The Bertz CT molecular complexity index is 687. The molecule has 202 valence electrons. The van der Waals surface area contributed by atoms with Gasteiger partial charge in [0.1, 0.15) is 0 Å². The Balaban J connectivity index is 2.27. The molecule has 0 spiro atoms. The van der Waals surface area contributed by atoms with E-state index in [0.29, 0.717) is 11.8 Å². The molecule has 0 amide bonds. The van der Waals surface area contributed by atoms with Crippen LogP contribution in [0.25, 0.3) is 0 Å². The van der Waals surface area contributed by atoms with Gasteiger partial charge in [0, 0.05) is 12.5 Å². The Hall–Kier alpha value is -1.35. The van der Waals surface area contributed by atoms with Crippen molar-refractivity contribution in [3.63, 3.8) is 0 Å². The van der Waals surface area contributed by atoms with Crippen LogP contribution in [0, 0.1) is 23.7 Å². The van der Waals surface area contributed by atoms with E-state index in [4.69, 9.17) is 9.84 Å². The number of aliphatic carboxylic acids is 1. The summed E-state index contributed by atoms with van der Waals surface area (Å²) in [5.41, 5.74) is 4.46. The first-order valence-electron chi connectivity index (χ1n) is 14.5. The zero-order valence-corrected chi connectivity index (χ0v) is 24.1. The predicted molar refractivity (Wildman–Crippen MR) is 151 cm³/mol. The van der Waals surface area contributed by atoms with E-state index >= 15 is 0 Å². The summed E-state index contributed by atoms with van der Waals surface area (Å²) in [4.78, 5) is 10.9. The molecule has 0 aromatic heterocycles. The van der Waals surface area contributed by atoms with Crippen molar-refractivity contribution in [2.45, 2.75) is 132 Å². The minimum atomic E-state index is -0.668. The number of carboxylic acid groups (broad SMARTS) is 1. The lowest BCUT2D eigenvalue weighted by atomic mass is 9.83. The van der Waals surface area contributed by atoms with Gasteiger partial charge < -0.3 is 9.84 Å². The van der Waals surface area contributed by atoms with E-state index in [1.54, 1.807) is 0 Å². The van der Waals surface area contributed by atoms with Crippen LogP contribution >= 0.6 is 0 Å². The fraction of sp³-hybridized carbons (Fsp3) is 0.781. The molecule has 1 aliphatic rings. The van der Waals surface area contributed by atoms with E-state index in [2.05, 4.69) is 59.8 Å². The highest BCUT2D eigenvalue weighted by atomic mass is 16.5. The van der Waals surface area contributed by atoms with Gasteiger partial charge in [0.05, 0.1) is 12.0 Å². The molecule has 0 aromatic carbocycles. The van der Waals surface area contributed by atoms with Crippen molar-refractivity contribution in [2.24, 2.45) is 23.7 Å². The van der Waals surface area contributed by atoms with E-state index in [1.807, 2.05) is 6.92 Å². The minimum Gasteiger partial charge on any atom is -0.481 e. The van der Waals surface area contributed by atoms with Gasteiger partial charge in [0.2, 0.25) is 0 Å². The van der Waals surface area contributed by atoms with Crippen LogP contribution in [-0.2, 0) is 9.53 Å². The van der Waals surface area contributed by atoms with Crippen LogP contribution in [-0.4, -0.2) is 23.8 Å². The van der Waals surface area contributed by atoms with E-state index in [-0.39, 0.29) is 12.0 Å². The summed E-state index contributed by atoms with van der Waals surface area (Å²) in [6.07, 6.45) is 21.2. The van der Waals surface area contributed by atoms with Crippen molar-refractivity contribution in [1.29, 1.82) is 0 Å². The van der Waals surface area contributed by atoms with Gasteiger partial charge in [-0.1, -0.05) is 89.7 Å². The molecule has 1 rings (SSSR count). The second-order valence-electron chi connectivity index (χ2n) is 11.5. The highest BCUT2D eigenvalue weighted by Gasteiger charge is 2.26. The van der Waals surface area contributed by atoms with E-state index in [9.17, 15) is 4.79 Å². The molecular formula is C32H56O3. The molecule has 1 aliphatic carbocycles. The maximum absolute atomic E-state index is 10.9. The topological polar surface area (TPSA) is 46.5 Å². The molecule has 0 bridgehead atoms. The zero-order valence-electron chi connectivity index (χ0n) is 24.1. The number of hydrogen-bond donors (Lipinski definition) is 1. The van der Waals surface area contributed by atoms with Gasteiger partial charge in [-0.2, -0.15) is 0 Å². The zero-order chi connectivity index (χ0) is 26.2. The summed E-state index contributed by atoms with van der Waals surface area (Å²) in [5.74, 6) is 1.03. The van der Waals surface area contributed by atoms with Gasteiger partial charge in [0.25, 0.3) is 0 Å². The second kappa shape index (κ2) is 18.0. The lowest BCUT2D eigenvalue weighted by molar-refractivity contribution is -0.141. The maximum Gasteiger partial charge on any atom is 0.306 e. The Morgan fingerprint density at radius 1 is 1.03 bits per heavy atom. The third-order valence-electron chi connectivity index (χ3n) is 8.00. The van der Waals surface area contributed by atoms with Crippen LogP contribution in [0.3, 0.4) is 0 Å². The third kappa shape index (κ3) is 13.5. The average Bonchev–Trinajstić information content (AvgIpc) is 2.81. The molecule has 0 saturated heterocycles. The summed E-state index contributed by atoms with van der Waals surface area (Å²) < 4.78 is 6.32. The van der Waals surface area contributed by atoms with Crippen LogP contribution in [0.2, 0.25) is 0 Å². The third-order valence-corrected chi connectivity index (χ3v) is 8.00. The van der Waals surface area contributed by atoms with Crippen molar-refractivity contribution in [3.8, 4) is 0 Å². The quantitative estimate of drug-likeness (QED) is 0.145. The standard InChI is InChI=1S/C32H56O3/c1-8-9-23-35-31-29(7)27(5)20-22-30(31)21-19-26(4)16-11-15-24(2)13-10-14-25(3)17-12-18-28(6)32(33)34/h13,20,22,25-26,28-29,31H,8-12,14-19,21,23H2,1-7H3,(H,33,34). The molecule has 0 aromatic rings. The normalized spacial score (nSPS) is 21.3. The molecule has 5 atom stereocenters. The Labute approximate surface area is 217 Å². The van der Waals surface area contributed by atoms with Crippen molar-refractivity contribution < 1.29 is 14.6 Å². The number of ether oxygens (including phenoxy) is 1. The first-order valence-corrected chi connectivity index (χ1v) is 14.5. The Morgan fingerprint density at radius 2 is 1.71 bits per heavy atom. The van der Waals surface area contributed by atoms with Gasteiger partial charge in [-0.3, -0.25) is 4.79 Å². The Morgan fingerprint density at radius 3 is 2.40 bits per heavy atom. The highest BCUT2D eigenvalue weighted by Crippen LogP contribution is 2.32. The van der Waals surface area contributed by atoms with E-state index in [0.717, 1.165) is 51.0 Å². The second-order valence-corrected chi connectivity index (χ2v) is 11.5. The number of carbonyl (C=O) groups is 1. The van der Waals surface area contributed by atoms with Gasteiger partial charge in [-0.25, -0.2) is 0 Å². The summed E-state index contributed by atoms with van der Waals surface area (Å²) >= 11 is 0. The monoisotopic (exact) mass is 488 g/mol. The first kappa shape index (κ1) is 31.7. The molecule has 5 unspecified atom stereocenters. The van der Waals surface area contributed by atoms with Crippen molar-refractivity contribution in [2.75, 3.05) is 6.61 Å². The van der Waals surface area contributed by atoms with Crippen LogP contribution < -0.4 is 0 Å². The van der Waals surface area contributed by atoms with Crippen molar-refractivity contribution >= 4 is 5.97 Å². The summed E-state index contributed by atoms with van der Waals surface area (Å²) in [6.45, 7) is 16.5. The van der Waals surface area contributed by atoms with E-state index < -0.39 is 5.97 Å². The molecule has 0 aliphatic heterocycles. The number of allylic oxidation sites excluding steroid dienone is 4. The summed E-state index contributed by atoms with van der Waals surface area (Å²) in [6, 6.07) is 0. The predicted octanol–water partition coefficient (Wildman–Crippen LogP) is 9.53. The van der Waals surface area contributed by atoms with Crippen LogP contribution in [0.5, 0.6) is 0 Å². The number of hydrogen-bond acceptors (Lipinski definition) is 2. The van der Waals surface area contributed by atoms with E-state index in [1.165, 1.54) is 55.2 Å². The van der Waals surface area contributed by atoms with Crippen LogP contribution in [0.4, 0.5) is 0 Å². The molecule has 0 radical (unpaired) electrons. The smallest absolute Gasteiger partial charge is 0.306 e. The largest absolute Gasteiger partial charge is 0.481 e. The fourth-order valence-corrected chi connectivity index (χ4v) is 4.92. The average molecular weight is 489 g/mol. The molecule has 3 heteroatoms. The van der Waals surface area contributed by atoms with Crippen molar-refractivity contribution in [1.82, 2.24) is 0 Å². The van der Waals surface area contributed by atoms with Crippen LogP contribution in [0.1, 0.15) is 126 Å². The number of unbranched alkanes of at least 4 members (excludes halogenated alkanes) is 1. The molecule has 1 N–H and O–H groups in total. The number of carboxylic acids is 1. The number of rotatable bonds is 19. The van der Waals surface area contributed by atoms with Gasteiger partial charge in [0.15, 0.2) is 0 Å². The molecule has 0 saturated carbocycles. The SMILES string of the molecule is CCCCOC1C(CCC(C)CCCC(C)=CCCC(C)CCCC(C)C(=O)O)=CC=C(C)C1C. The van der Waals surface area contributed by atoms with Crippen LogP contribution in [0.15, 0.2) is 34.9 Å². The lowest BCUT2D eigenvalue weighted by Crippen LogP contribution is -2.28. The van der Waals surface area contributed by atoms with Crippen molar-refractivity contribution in [3.05, 3.63) is 34.9 Å². The molecule has 0 fully saturated rings. The maximum atomic E-state index is 10.9. The Kier molecular flexibility index (Phi) is 16.3. The molecule has 35 heavy (non-hydrogen) atoms. The minimum absolute atomic E-state index is 0.212. The van der Waals surface area contributed by atoms with Gasteiger partial charge in [-0.15, -0.1) is 0 Å². The molecular weight excluding hydrogens is 432 g/mol. The lowest BCUT2D eigenvalue weighted by Gasteiger charge is -2.31. The summed E-state index contributed by atoms with van der Waals surface area (Å²) in [5, 5.41) is 8.99. The highest BCUT2D eigenvalue weighted by molar-refractivity contribution is 5.69. The van der Waals surface area contributed by atoms with Gasteiger partial charge >= 0.3 is 5.97 Å².